The minimum Gasteiger partial charge on any atom is -0.497 e. The van der Waals surface area contributed by atoms with Gasteiger partial charge in [0.1, 0.15) is 28.5 Å². The highest BCUT2D eigenvalue weighted by molar-refractivity contribution is 6.14. The van der Waals surface area contributed by atoms with Crippen LogP contribution in [0.5, 0.6) is 17.2 Å². The molecule has 1 aliphatic heterocycles. The number of amides is 2. The highest BCUT2D eigenvalue weighted by atomic mass is 16.5. The zero-order valence-electron chi connectivity index (χ0n) is 21.3. The lowest BCUT2D eigenvalue weighted by Gasteiger charge is -2.45. The highest BCUT2D eigenvalue weighted by Crippen LogP contribution is 2.42. The molecular formula is C28H33N3O5. The van der Waals surface area contributed by atoms with Gasteiger partial charge in [-0.2, -0.15) is 0 Å². The van der Waals surface area contributed by atoms with E-state index in [2.05, 4.69) is 5.32 Å². The Labute approximate surface area is 211 Å². The summed E-state index contributed by atoms with van der Waals surface area (Å²) in [7, 11) is 4.75. The third-order valence-corrected chi connectivity index (χ3v) is 7.55. The summed E-state index contributed by atoms with van der Waals surface area (Å²) in [6.07, 6.45) is 5.30. The maximum atomic E-state index is 14.2. The molecule has 2 aliphatic rings. The Morgan fingerprint density at radius 3 is 2.33 bits per heavy atom. The lowest BCUT2D eigenvalue weighted by atomic mass is 9.90. The van der Waals surface area contributed by atoms with Crippen LogP contribution in [0, 0.1) is 0 Å². The average Bonchev–Trinajstić information content (AvgIpc) is 3.27. The van der Waals surface area contributed by atoms with E-state index in [0.717, 1.165) is 36.6 Å². The Hall–Kier alpha value is -3.68. The van der Waals surface area contributed by atoms with Crippen LogP contribution in [-0.4, -0.2) is 49.3 Å². The molecule has 8 nitrogen and oxygen atoms in total. The monoisotopic (exact) mass is 491 g/mol. The van der Waals surface area contributed by atoms with Crippen LogP contribution in [0.1, 0.15) is 49.5 Å². The number of nitrogens with zero attached hydrogens (tertiary/aromatic N) is 2. The van der Waals surface area contributed by atoms with Crippen molar-refractivity contribution in [2.75, 3.05) is 26.2 Å². The van der Waals surface area contributed by atoms with Crippen molar-refractivity contribution in [3.05, 3.63) is 48.2 Å². The van der Waals surface area contributed by atoms with Gasteiger partial charge in [-0.25, -0.2) is 0 Å². The van der Waals surface area contributed by atoms with Crippen LogP contribution in [0.4, 0.5) is 5.69 Å². The molecule has 190 valence electrons. The molecule has 36 heavy (non-hydrogen) atoms. The minimum atomic E-state index is -1.20. The maximum Gasteiger partial charge on any atom is 0.276 e. The maximum absolute atomic E-state index is 14.2. The van der Waals surface area contributed by atoms with Gasteiger partial charge in [0.15, 0.2) is 0 Å². The van der Waals surface area contributed by atoms with Crippen molar-refractivity contribution < 1.29 is 23.8 Å². The zero-order valence-corrected chi connectivity index (χ0v) is 21.3. The average molecular weight is 492 g/mol. The zero-order chi connectivity index (χ0) is 25.4. The fraction of sp³-hybridized carbons (Fsp3) is 0.429. The topological polar surface area (TPSA) is 82.0 Å². The second-order valence-corrected chi connectivity index (χ2v) is 9.80. The van der Waals surface area contributed by atoms with E-state index in [1.54, 1.807) is 44.4 Å². The Morgan fingerprint density at radius 1 is 0.944 bits per heavy atom. The quantitative estimate of drug-likeness (QED) is 0.548. The normalized spacial score (nSPS) is 20.2. The Balaban J connectivity index is 1.65. The molecule has 2 amide bonds. The molecule has 1 aliphatic carbocycles. The first-order valence-corrected chi connectivity index (χ1v) is 12.4. The Morgan fingerprint density at radius 2 is 1.64 bits per heavy atom. The number of carbonyl (C=O) groups is 2. The van der Waals surface area contributed by atoms with Crippen LogP contribution in [0.3, 0.4) is 0 Å². The van der Waals surface area contributed by atoms with Crippen LogP contribution in [0.15, 0.2) is 42.5 Å². The molecule has 2 heterocycles. The van der Waals surface area contributed by atoms with Gasteiger partial charge < -0.3 is 24.1 Å². The van der Waals surface area contributed by atoms with Crippen molar-refractivity contribution >= 4 is 28.4 Å². The molecule has 3 aromatic rings. The number of hydrogen-bond acceptors (Lipinski definition) is 5. The van der Waals surface area contributed by atoms with Crippen molar-refractivity contribution in [2.24, 2.45) is 0 Å². The van der Waals surface area contributed by atoms with Crippen molar-refractivity contribution in [1.29, 1.82) is 0 Å². The van der Waals surface area contributed by atoms with E-state index in [-0.39, 0.29) is 17.9 Å². The molecule has 0 bridgehead atoms. The van der Waals surface area contributed by atoms with Gasteiger partial charge in [0.2, 0.25) is 5.91 Å². The number of ether oxygens (including phenoxy) is 3. The second-order valence-electron chi connectivity index (χ2n) is 9.80. The molecule has 0 spiro atoms. The van der Waals surface area contributed by atoms with Gasteiger partial charge in [0, 0.05) is 23.6 Å². The number of methoxy groups -OCH3 is 3. The molecule has 1 unspecified atom stereocenters. The number of carbonyl (C=O) groups excluding carboxylic acids is 2. The summed E-state index contributed by atoms with van der Waals surface area (Å²) in [5, 5.41) is 4.18. The first-order valence-electron chi connectivity index (χ1n) is 12.4. The third-order valence-electron chi connectivity index (χ3n) is 7.55. The summed E-state index contributed by atoms with van der Waals surface area (Å²) in [5.41, 5.74) is 0.701. The van der Waals surface area contributed by atoms with E-state index in [1.807, 2.05) is 35.8 Å². The summed E-state index contributed by atoms with van der Waals surface area (Å²) < 4.78 is 18.4. The molecule has 0 saturated heterocycles. The Kier molecular flexibility index (Phi) is 6.28. The SMILES string of the molecule is COc1ccc(N2C(=O)c3cc4ccc(OC)cc4n3CC2(C)C(=O)NC2CCCCC2)c(OC)c1. The first kappa shape index (κ1) is 24.0. The van der Waals surface area contributed by atoms with Crippen molar-refractivity contribution in [3.8, 4) is 17.2 Å². The molecule has 1 atom stereocenters. The van der Waals surface area contributed by atoms with Crippen LogP contribution in [0.2, 0.25) is 0 Å². The molecule has 2 aromatic carbocycles. The van der Waals surface area contributed by atoms with Gasteiger partial charge >= 0.3 is 0 Å². The number of nitrogens with one attached hydrogen (secondary N) is 1. The van der Waals surface area contributed by atoms with E-state index >= 15 is 0 Å². The summed E-state index contributed by atoms with van der Waals surface area (Å²) >= 11 is 0. The lowest BCUT2D eigenvalue weighted by molar-refractivity contribution is -0.127. The van der Waals surface area contributed by atoms with Gasteiger partial charge in [0.05, 0.1) is 39.1 Å². The second kappa shape index (κ2) is 9.41. The Bertz CT molecular complexity index is 1310. The predicted molar refractivity (Wildman–Crippen MR) is 138 cm³/mol. The molecule has 8 heteroatoms. The number of fused-ring (bicyclic) bond motifs is 3. The van der Waals surface area contributed by atoms with Crippen LogP contribution >= 0.6 is 0 Å². The molecule has 1 N–H and O–H groups in total. The largest absolute Gasteiger partial charge is 0.497 e. The van der Waals surface area contributed by atoms with Crippen molar-refractivity contribution in [3.63, 3.8) is 0 Å². The van der Waals surface area contributed by atoms with E-state index in [1.165, 1.54) is 6.42 Å². The van der Waals surface area contributed by atoms with Crippen LogP contribution < -0.4 is 24.4 Å². The molecule has 1 aromatic heterocycles. The van der Waals surface area contributed by atoms with Gasteiger partial charge in [-0.1, -0.05) is 19.3 Å². The summed E-state index contributed by atoms with van der Waals surface area (Å²) in [5.74, 6) is 1.33. The number of benzene rings is 2. The number of hydrogen-bond donors (Lipinski definition) is 1. The third kappa shape index (κ3) is 3.94. The first-order chi connectivity index (χ1) is 17.4. The fourth-order valence-corrected chi connectivity index (χ4v) is 5.53. The molecule has 1 fully saturated rings. The van der Waals surface area contributed by atoms with Crippen LogP contribution in [0.25, 0.3) is 10.9 Å². The van der Waals surface area contributed by atoms with E-state index in [9.17, 15) is 9.59 Å². The molecule has 0 radical (unpaired) electrons. The van der Waals surface area contributed by atoms with E-state index in [0.29, 0.717) is 35.2 Å². The molecule has 5 rings (SSSR count). The standard InChI is InChI=1S/C28H33N3O5/c1-28(27(33)29-19-8-6-5-7-9-19)17-30-23-15-20(34-2)11-10-18(23)14-24(30)26(32)31(28)22-13-12-21(35-3)16-25(22)36-4/h10-16,19H,5-9,17H2,1-4H3,(H,29,33). The number of anilines is 1. The van der Waals surface area contributed by atoms with E-state index in [4.69, 9.17) is 14.2 Å². The minimum absolute atomic E-state index is 0.112. The van der Waals surface area contributed by atoms with Crippen LogP contribution in [-0.2, 0) is 11.3 Å². The van der Waals surface area contributed by atoms with E-state index < -0.39 is 5.54 Å². The number of rotatable bonds is 6. The smallest absolute Gasteiger partial charge is 0.276 e. The fourth-order valence-electron chi connectivity index (χ4n) is 5.53. The van der Waals surface area contributed by atoms with Gasteiger partial charge in [-0.05, 0) is 50.1 Å². The lowest BCUT2D eigenvalue weighted by Crippen LogP contribution is -2.65. The summed E-state index contributed by atoms with van der Waals surface area (Å²) in [6, 6.07) is 13.0. The van der Waals surface area contributed by atoms with Gasteiger partial charge in [-0.15, -0.1) is 0 Å². The van der Waals surface area contributed by atoms with Crippen molar-refractivity contribution in [1.82, 2.24) is 9.88 Å². The van der Waals surface area contributed by atoms with Gasteiger partial charge in [-0.3, -0.25) is 14.5 Å². The summed E-state index contributed by atoms with van der Waals surface area (Å²) in [4.78, 5) is 29.8. The number of aromatic nitrogens is 1. The van der Waals surface area contributed by atoms with Crippen molar-refractivity contribution in [2.45, 2.75) is 57.2 Å². The molecule has 1 saturated carbocycles. The molecular weight excluding hydrogens is 458 g/mol. The van der Waals surface area contributed by atoms with Gasteiger partial charge in [0.25, 0.3) is 5.91 Å². The predicted octanol–water partition coefficient (Wildman–Crippen LogP) is 4.54. The summed E-state index contributed by atoms with van der Waals surface area (Å²) in [6.45, 7) is 2.13. The highest BCUT2D eigenvalue weighted by Gasteiger charge is 2.50.